The number of fused-ring (bicyclic) bond motifs is 3. The van der Waals surface area contributed by atoms with E-state index in [1.807, 2.05) is 0 Å². The Morgan fingerprint density at radius 2 is 1.57 bits per heavy atom. The molecule has 1 aliphatic heterocycles. The molecular formula is C19H11F9N2O4S. The summed E-state index contributed by atoms with van der Waals surface area (Å²) in [6.45, 7) is -0.318. The number of hydrogen-bond acceptors (Lipinski definition) is 5. The summed E-state index contributed by atoms with van der Waals surface area (Å²) >= 11 is 0. The van der Waals surface area contributed by atoms with Crippen molar-refractivity contribution in [1.29, 1.82) is 0 Å². The third kappa shape index (κ3) is 3.32. The van der Waals surface area contributed by atoms with Gasteiger partial charge in [0.25, 0.3) is 0 Å². The van der Waals surface area contributed by atoms with E-state index in [2.05, 4.69) is 9.44 Å². The SMILES string of the molecule is COc1ccc2c(c1)c1cccc3c1n2C/C3=N\OS(=O)(=O)C(F)(F)C(F)(F)C(F)(F)C(F)(F)F. The molecule has 1 aromatic heterocycles. The molecule has 0 saturated heterocycles. The van der Waals surface area contributed by atoms with Crippen molar-refractivity contribution in [2.24, 2.45) is 5.16 Å². The monoisotopic (exact) mass is 534 g/mol. The predicted molar refractivity (Wildman–Crippen MR) is 103 cm³/mol. The third-order valence-corrected chi connectivity index (χ3v) is 6.54. The van der Waals surface area contributed by atoms with Crippen molar-refractivity contribution in [2.45, 2.75) is 29.8 Å². The van der Waals surface area contributed by atoms with Gasteiger partial charge in [0.1, 0.15) is 11.5 Å². The first-order valence-corrected chi connectivity index (χ1v) is 10.7. The first-order chi connectivity index (χ1) is 16.0. The number of aromatic nitrogens is 1. The zero-order valence-electron chi connectivity index (χ0n) is 17.0. The number of oxime groups is 1. The van der Waals surface area contributed by atoms with Gasteiger partial charge in [-0.05, 0) is 18.2 Å². The van der Waals surface area contributed by atoms with Crippen molar-refractivity contribution in [1.82, 2.24) is 4.57 Å². The summed E-state index contributed by atoms with van der Waals surface area (Å²) in [5, 5.41) is -2.80. The number of rotatable bonds is 6. The van der Waals surface area contributed by atoms with Gasteiger partial charge in [-0.3, -0.25) is 4.28 Å². The molecule has 0 fully saturated rings. The lowest BCUT2D eigenvalue weighted by Gasteiger charge is -2.31. The van der Waals surface area contributed by atoms with Gasteiger partial charge in [0.2, 0.25) is 0 Å². The van der Waals surface area contributed by atoms with E-state index in [4.69, 9.17) is 4.74 Å². The van der Waals surface area contributed by atoms with Crippen LogP contribution in [0, 0.1) is 0 Å². The van der Waals surface area contributed by atoms with Gasteiger partial charge >= 0.3 is 33.4 Å². The topological polar surface area (TPSA) is 69.9 Å². The Bertz CT molecular complexity index is 1480. The fourth-order valence-electron chi connectivity index (χ4n) is 3.63. The van der Waals surface area contributed by atoms with Gasteiger partial charge in [-0.2, -0.15) is 47.9 Å². The maximum atomic E-state index is 13.9. The van der Waals surface area contributed by atoms with Crippen molar-refractivity contribution in [3.05, 3.63) is 42.0 Å². The molecule has 190 valence electrons. The quantitative estimate of drug-likeness (QED) is 0.318. The van der Waals surface area contributed by atoms with Crippen molar-refractivity contribution >= 4 is 37.6 Å². The summed E-state index contributed by atoms with van der Waals surface area (Å²) < 4.78 is 151. The van der Waals surface area contributed by atoms with Crippen LogP contribution in [0.25, 0.3) is 21.8 Å². The van der Waals surface area contributed by atoms with Gasteiger partial charge in [-0.25, -0.2) is 0 Å². The van der Waals surface area contributed by atoms with Gasteiger partial charge in [-0.1, -0.05) is 23.4 Å². The lowest BCUT2D eigenvalue weighted by atomic mass is 10.1. The van der Waals surface area contributed by atoms with Crippen LogP contribution in [0.4, 0.5) is 39.5 Å². The Balaban J connectivity index is 1.73. The predicted octanol–water partition coefficient (Wildman–Crippen LogP) is 5.29. The van der Waals surface area contributed by atoms with Gasteiger partial charge in [0.15, 0.2) is 0 Å². The number of methoxy groups -OCH3 is 1. The van der Waals surface area contributed by atoms with Crippen LogP contribution in [0.3, 0.4) is 0 Å². The highest BCUT2D eigenvalue weighted by atomic mass is 32.2. The van der Waals surface area contributed by atoms with Crippen molar-refractivity contribution in [3.63, 3.8) is 0 Å². The van der Waals surface area contributed by atoms with E-state index in [1.54, 1.807) is 28.8 Å². The molecule has 0 aliphatic carbocycles. The normalized spacial score (nSPS) is 16.5. The summed E-state index contributed by atoms with van der Waals surface area (Å²) in [6, 6.07) is 9.39. The van der Waals surface area contributed by atoms with E-state index >= 15 is 0 Å². The molecule has 2 aromatic carbocycles. The van der Waals surface area contributed by atoms with Crippen molar-refractivity contribution in [3.8, 4) is 5.75 Å². The van der Waals surface area contributed by atoms with Crippen LogP contribution in [-0.4, -0.2) is 49.1 Å². The summed E-state index contributed by atoms with van der Waals surface area (Å²) in [6.07, 6.45) is -7.18. The third-order valence-electron chi connectivity index (χ3n) is 5.38. The average Bonchev–Trinajstić information content (AvgIpc) is 3.29. The maximum Gasteiger partial charge on any atom is 0.460 e. The molecule has 0 amide bonds. The van der Waals surface area contributed by atoms with Crippen LogP contribution < -0.4 is 4.74 Å². The minimum absolute atomic E-state index is 0.128. The first kappa shape index (κ1) is 24.9. The molecular weight excluding hydrogens is 523 g/mol. The fourth-order valence-corrected chi connectivity index (χ4v) is 4.36. The molecule has 0 spiro atoms. The first-order valence-electron chi connectivity index (χ1n) is 9.27. The summed E-state index contributed by atoms with van der Waals surface area (Å²) in [7, 11) is -5.68. The summed E-state index contributed by atoms with van der Waals surface area (Å²) in [4.78, 5) is 0. The molecule has 0 radical (unpaired) electrons. The second-order valence-electron chi connectivity index (χ2n) is 7.40. The van der Waals surface area contributed by atoms with Crippen LogP contribution in [0.2, 0.25) is 0 Å². The number of nitrogens with zero attached hydrogens (tertiary/aromatic N) is 2. The van der Waals surface area contributed by atoms with Crippen LogP contribution in [0.1, 0.15) is 5.56 Å². The molecule has 3 aromatic rings. The number of hydrogen-bond donors (Lipinski definition) is 0. The van der Waals surface area contributed by atoms with Crippen molar-refractivity contribution in [2.75, 3.05) is 7.11 Å². The van der Waals surface area contributed by atoms with E-state index in [0.29, 0.717) is 27.6 Å². The van der Waals surface area contributed by atoms with E-state index in [-0.39, 0.29) is 17.8 Å². The molecule has 0 N–H and O–H groups in total. The molecule has 1 aliphatic rings. The molecule has 35 heavy (non-hydrogen) atoms. The molecule has 6 nitrogen and oxygen atoms in total. The minimum atomic E-state index is -7.41. The van der Waals surface area contributed by atoms with Crippen LogP contribution in [0.5, 0.6) is 5.75 Å². The second kappa shape index (κ2) is 7.41. The zero-order chi connectivity index (χ0) is 26.2. The standard InChI is InChI=1S/C19H11F9N2O4S/c1-33-9-5-6-14-12(7-9)10-3-2-4-11-13(8-30(14)15(10)11)29-34-35(31,32)19(27,28)17(22,23)16(20,21)18(24,25)26/h2-7H,8H2,1H3/b29-13+. The highest BCUT2D eigenvalue weighted by Gasteiger charge is 2.86. The zero-order valence-corrected chi connectivity index (χ0v) is 17.8. The molecule has 0 bridgehead atoms. The Morgan fingerprint density at radius 1 is 0.914 bits per heavy atom. The lowest BCUT2D eigenvalue weighted by Crippen LogP contribution is -2.63. The summed E-state index contributed by atoms with van der Waals surface area (Å²) in [5.74, 6) is -14.3. The largest absolute Gasteiger partial charge is 0.497 e. The molecule has 4 rings (SSSR count). The maximum absolute atomic E-state index is 13.9. The highest BCUT2D eigenvalue weighted by molar-refractivity contribution is 7.87. The van der Waals surface area contributed by atoms with Crippen molar-refractivity contribution < 1.29 is 57.0 Å². The number of alkyl halides is 9. The average molecular weight is 534 g/mol. The van der Waals surface area contributed by atoms with Crippen LogP contribution in [0.15, 0.2) is 41.6 Å². The number of ether oxygens (including phenoxy) is 1. The smallest absolute Gasteiger partial charge is 0.460 e. The van der Waals surface area contributed by atoms with Gasteiger partial charge < -0.3 is 9.30 Å². The van der Waals surface area contributed by atoms with E-state index in [1.165, 1.54) is 19.2 Å². The highest BCUT2D eigenvalue weighted by Crippen LogP contribution is 2.55. The fraction of sp³-hybridized carbons (Fsp3) is 0.316. The van der Waals surface area contributed by atoms with Crippen LogP contribution in [-0.2, 0) is 20.9 Å². The minimum Gasteiger partial charge on any atom is -0.497 e. The number of halogens is 9. The lowest BCUT2D eigenvalue weighted by molar-refractivity contribution is -0.382. The number of benzene rings is 2. The van der Waals surface area contributed by atoms with E-state index in [0.717, 1.165) is 0 Å². The second-order valence-corrected chi connectivity index (χ2v) is 8.97. The Hall–Kier alpha value is -3.17. The Kier molecular flexibility index (Phi) is 5.28. The van der Waals surface area contributed by atoms with Gasteiger partial charge in [0.05, 0.1) is 19.2 Å². The Morgan fingerprint density at radius 3 is 2.17 bits per heavy atom. The molecule has 16 heteroatoms. The van der Waals surface area contributed by atoms with Gasteiger partial charge in [0, 0.05) is 21.9 Å². The molecule has 0 atom stereocenters. The summed E-state index contributed by atoms with van der Waals surface area (Å²) in [5.41, 5.74) is 0.733. The van der Waals surface area contributed by atoms with Crippen LogP contribution >= 0.6 is 0 Å². The Labute approximate surface area is 189 Å². The molecule has 0 saturated carbocycles. The number of para-hydroxylation sites is 1. The molecule has 2 heterocycles. The van der Waals surface area contributed by atoms with E-state index in [9.17, 15) is 47.9 Å². The van der Waals surface area contributed by atoms with E-state index < -0.39 is 33.4 Å². The molecule has 0 unspecified atom stereocenters. The van der Waals surface area contributed by atoms with Gasteiger partial charge in [-0.15, -0.1) is 0 Å².